The van der Waals surface area contributed by atoms with E-state index in [4.69, 9.17) is 0 Å². The first-order chi connectivity index (χ1) is 13.8. The topological polar surface area (TPSA) is 34.1 Å². The molecule has 3 aromatic rings. The maximum atomic E-state index is 14.1. The van der Waals surface area contributed by atoms with Gasteiger partial charge in [-0.25, -0.2) is 8.42 Å². The summed E-state index contributed by atoms with van der Waals surface area (Å²) in [6.45, 7) is 6.99. The van der Waals surface area contributed by atoms with E-state index >= 15 is 0 Å². The van der Waals surface area contributed by atoms with E-state index in [0.717, 1.165) is 0 Å². The third-order valence-corrected chi connectivity index (χ3v) is 11.9. The highest BCUT2D eigenvalue weighted by Crippen LogP contribution is 2.62. The smallest absolute Gasteiger partial charge is 0.182 e. The van der Waals surface area contributed by atoms with Crippen LogP contribution >= 0.6 is 0 Å². The lowest BCUT2D eigenvalue weighted by atomic mass is 9.63. The Morgan fingerprint density at radius 3 is 1.48 bits per heavy atom. The van der Waals surface area contributed by atoms with E-state index in [2.05, 4.69) is 68.2 Å². The van der Waals surface area contributed by atoms with Gasteiger partial charge in [0.1, 0.15) is 0 Å². The highest BCUT2D eigenvalue weighted by molar-refractivity contribution is 7.92. The third kappa shape index (κ3) is 2.69. The van der Waals surface area contributed by atoms with Crippen LogP contribution in [0.3, 0.4) is 0 Å². The van der Waals surface area contributed by atoms with Crippen LogP contribution in [-0.2, 0) is 9.84 Å². The van der Waals surface area contributed by atoms with Crippen molar-refractivity contribution in [1.29, 1.82) is 0 Å². The molecule has 3 aliphatic rings. The Morgan fingerprint density at radius 1 is 0.621 bits per heavy atom. The number of hydrogen-bond acceptors (Lipinski definition) is 2. The van der Waals surface area contributed by atoms with Gasteiger partial charge in [0.15, 0.2) is 9.84 Å². The molecule has 3 aromatic carbocycles. The molecule has 0 heterocycles. The molecule has 0 spiro atoms. The SMILES string of the molecule is C[Si](C)(C)[C@H]1C2c3ccccc3C(c3ccccc32)[C@@H]1S(=O)(=O)c1ccccc1. The quantitative estimate of drug-likeness (QED) is 0.502. The van der Waals surface area contributed by atoms with Gasteiger partial charge in [0.25, 0.3) is 0 Å². The van der Waals surface area contributed by atoms with E-state index in [0.29, 0.717) is 4.90 Å². The Hall–Kier alpha value is -2.17. The molecule has 29 heavy (non-hydrogen) atoms. The van der Waals surface area contributed by atoms with Crippen LogP contribution in [0.25, 0.3) is 0 Å². The van der Waals surface area contributed by atoms with Gasteiger partial charge in [0.05, 0.1) is 10.1 Å². The first-order valence-corrected chi connectivity index (χ1v) is 15.4. The van der Waals surface area contributed by atoms with Crippen molar-refractivity contribution >= 4 is 17.9 Å². The van der Waals surface area contributed by atoms with Gasteiger partial charge in [0.2, 0.25) is 0 Å². The molecule has 0 saturated heterocycles. The summed E-state index contributed by atoms with van der Waals surface area (Å²) in [7, 11) is -5.31. The zero-order chi connectivity index (χ0) is 20.4. The summed E-state index contributed by atoms with van der Waals surface area (Å²) in [6.07, 6.45) is 0. The van der Waals surface area contributed by atoms with E-state index in [1.54, 1.807) is 12.1 Å². The average Bonchev–Trinajstić information content (AvgIpc) is 2.73. The zero-order valence-corrected chi connectivity index (χ0v) is 18.9. The maximum Gasteiger partial charge on any atom is 0.182 e. The van der Waals surface area contributed by atoms with Crippen LogP contribution in [0.15, 0.2) is 83.8 Å². The van der Waals surface area contributed by atoms with Gasteiger partial charge in [-0.15, -0.1) is 0 Å². The van der Waals surface area contributed by atoms with Crippen molar-refractivity contribution in [2.24, 2.45) is 0 Å². The summed E-state index contributed by atoms with van der Waals surface area (Å²) in [5, 5.41) is -0.411. The molecule has 4 heteroatoms. The second-order valence-electron chi connectivity index (χ2n) is 9.43. The van der Waals surface area contributed by atoms with Crippen LogP contribution < -0.4 is 0 Å². The number of hydrogen-bond donors (Lipinski definition) is 0. The molecule has 6 rings (SSSR count). The second kappa shape index (κ2) is 6.41. The van der Waals surface area contributed by atoms with Crippen molar-refractivity contribution in [3.8, 4) is 0 Å². The first-order valence-electron chi connectivity index (χ1n) is 10.3. The summed E-state index contributed by atoms with van der Waals surface area (Å²) in [5.41, 5.74) is 5.22. The van der Waals surface area contributed by atoms with Crippen molar-refractivity contribution in [2.45, 2.75) is 47.2 Å². The molecule has 0 unspecified atom stereocenters. The third-order valence-electron chi connectivity index (χ3n) is 6.80. The minimum atomic E-state index is -3.48. The fraction of sp³-hybridized carbons (Fsp3) is 0.280. The minimum absolute atomic E-state index is 0.102. The number of rotatable bonds is 3. The largest absolute Gasteiger partial charge is 0.223 e. The Balaban J connectivity index is 1.84. The normalized spacial score (nSPS) is 25.3. The second-order valence-corrected chi connectivity index (χ2v) is 16.9. The lowest BCUT2D eigenvalue weighted by Gasteiger charge is -2.54. The molecule has 0 fully saturated rings. The Bertz CT molecular complexity index is 1130. The first kappa shape index (κ1) is 18.8. The van der Waals surface area contributed by atoms with Crippen molar-refractivity contribution in [2.75, 3.05) is 0 Å². The van der Waals surface area contributed by atoms with Crippen LogP contribution in [0.4, 0.5) is 0 Å². The molecular formula is C25H26O2SSi. The maximum absolute atomic E-state index is 14.1. The standard InChI is InChI=1S/C25H26O2SSi/c1-29(2,3)25-23-20-15-9-7-13-18(20)22(19-14-8-10-16-21(19)23)24(25)28(26,27)17-11-5-4-6-12-17/h4-16,22-25H,1-3H3/t22?,23?,24-,25-/m0/s1. The minimum Gasteiger partial charge on any atom is -0.223 e. The number of sulfone groups is 1. The van der Waals surface area contributed by atoms with Crippen LogP contribution in [0.2, 0.25) is 25.2 Å². The Labute approximate surface area is 174 Å². The van der Waals surface area contributed by atoms with Gasteiger partial charge in [0, 0.05) is 19.9 Å². The van der Waals surface area contributed by atoms with Gasteiger partial charge in [-0.3, -0.25) is 0 Å². The Kier molecular flexibility index (Phi) is 4.16. The number of fused-ring (bicyclic) bond motifs is 1. The lowest BCUT2D eigenvalue weighted by Crippen LogP contribution is -2.52. The fourth-order valence-corrected chi connectivity index (χ4v) is 12.1. The van der Waals surface area contributed by atoms with Crippen molar-refractivity contribution < 1.29 is 8.42 Å². The Morgan fingerprint density at radius 2 is 1.03 bits per heavy atom. The molecule has 0 amide bonds. The zero-order valence-electron chi connectivity index (χ0n) is 17.0. The summed E-state index contributed by atoms with van der Waals surface area (Å²) < 4.78 is 28.2. The molecule has 0 aromatic heterocycles. The van der Waals surface area contributed by atoms with Gasteiger partial charge < -0.3 is 0 Å². The molecule has 0 N–H and O–H groups in total. The molecule has 0 aliphatic heterocycles. The van der Waals surface area contributed by atoms with Crippen LogP contribution in [0.1, 0.15) is 34.1 Å². The summed E-state index contributed by atoms with van der Waals surface area (Å²) in [6, 6.07) is 26.1. The van der Waals surface area contributed by atoms with E-state index in [-0.39, 0.29) is 17.4 Å². The van der Waals surface area contributed by atoms with E-state index in [9.17, 15) is 8.42 Å². The van der Waals surface area contributed by atoms with Crippen molar-refractivity contribution in [3.63, 3.8) is 0 Å². The summed E-state index contributed by atoms with van der Waals surface area (Å²) >= 11 is 0. The van der Waals surface area contributed by atoms with Crippen LogP contribution in [0, 0.1) is 0 Å². The summed E-state index contributed by atoms with van der Waals surface area (Å²) in [4.78, 5) is 0.454. The molecule has 3 aliphatic carbocycles. The fourth-order valence-electron chi connectivity index (χ4n) is 5.76. The van der Waals surface area contributed by atoms with Crippen molar-refractivity contribution in [3.05, 3.63) is 101 Å². The molecule has 0 radical (unpaired) electrons. The predicted molar refractivity (Wildman–Crippen MR) is 121 cm³/mol. The monoisotopic (exact) mass is 418 g/mol. The lowest BCUT2D eigenvalue weighted by molar-refractivity contribution is 0.483. The van der Waals surface area contributed by atoms with E-state index < -0.39 is 23.2 Å². The molecule has 2 bridgehead atoms. The van der Waals surface area contributed by atoms with Gasteiger partial charge in [-0.05, 0) is 39.9 Å². The van der Waals surface area contributed by atoms with E-state index in [1.807, 2.05) is 18.2 Å². The van der Waals surface area contributed by atoms with E-state index in [1.165, 1.54) is 22.3 Å². The molecular weight excluding hydrogens is 392 g/mol. The number of benzene rings is 3. The molecule has 0 saturated carbocycles. The van der Waals surface area contributed by atoms with Gasteiger partial charge >= 0.3 is 0 Å². The highest BCUT2D eigenvalue weighted by atomic mass is 32.2. The van der Waals surface area contributed by atoms with Gasteiger partial charge in [-0.1, -0.05) is 86.4 Å². The highest BCUT2D eigenvalue weighted by Gasteiger charge is 2.58. The van der Waals surface area contributed by atoms with Crippen LogP contribution in [-0.4, -0.2) is 21.7 Å². The summed E-state index contributed by atoms with van der Waals surface area (Å²) in [5.74, 6) is 0.0527. The average molecular weight is 419 g/mol. The van der Waals surface area contributed by atoms with Gasteiger partial charge in [-0.2, -0.15) is 0 Å². The van der Waals surface area contributed by atoms with Crippen molar-refractivity contribution in [1.82, 2.24) is 0 Å². The predicted octanol–water partition coefficient (Wildman–Crippen LogP) is 5.83. The van der Waals surface area contributed by atoms with Crippen LogP contribution in [0.5, 0.6) is 0 Å². The molecule has 2 atom stereocenters. The molecule has 2 nitrogen and oxygen atoms in total. The molecule has 148 valence electrons.